The van der Waals surface area contributed by atoms with Gasteiger partial charge < -0.3 is 10.2 Å². The molecule has 2 aliphatic heterocycles. The third-order valence-corrected chi connectivity index (χ3v) is 8.76. The summed E-state index contributed by atoms with van der Waals surface area (Å²) in [5.74, 6) is 0.836. The summed E-state index contributed by atoms with van der Waals surface area (Å²) in [5, 5.41) is 3.56. The Labute approximate surface area is 203 Å². The van der Waals surface area contributed by atoms with Gasteiger partial charge in [-0.25, -0.2) is 9.97 Å². The summed E-state index contributed by atoms with van der Waals surface area (Å²) in [4.78, 5) is 11.2. The Hall–Kier alpha value is -2.88. The van der Waals surface area contributed by atoms with E-state index in [4.69, 9.17) is 0 Å². The summed E-state index contributed by atoms with van der Waals surface area (Å²) in [6, 6.07) is 19.6. The molecule has 0 radical (unpaired) electrons. The van der Waals surface area contributed by atoms with E-state index in [1.807, 2.05) is 18.5 Å². The molecule has 0 unspecified atom stereocenters. The molecule has 2 spiro atoms. The molecule has 0 saturated heterocycles. The zero-order valence-corrected chi connectivity index (χ0v) is 20.2. The first-order chi connectivity index (χ1) is 16.8. The summed E-state index contributed by atoms with van der Waals surface area (Å²) in [5.41, 5.74) is 6.60. The molecule has 2 aromatic carbocycles. The third-order valence-electron chi connectivity index (χ3n) is 8.76. The standard InChI is InChI=1S/C17H19N3.C13H17N/c1-4-9-17(10-5-1)13-20(16-18-11-6-12-19-16)15-8-3-2-7-14(15)17;1-4-8-13(9-5-1)10-14-12-7-3-2-6-11(12)13/h2-3,6-8,11-12H,1,4-5,9-10,13H2;2-3,6-7,14H,1,4-5,8-10H2. The number of nitrogens with one attached hydrogen (secondary N) is 1. The van der Waals surface area contributed by atoms with Crippen molar-refractivity contribution in [2.75, 3.05) is 23.3 Å². The minimum Gasteiger partial charge on any atom is -0.384 e. The molecular weight excluding hydrogens is 416 g/mol. The maximum Gasteiger partial charge on any atom is 0.229 e. The second-order valence-electron chi connectivity index (χ2n) is 10.7. The van der Waals surface area contributed by atoms with Crippen LogP contribution in [0.2, 0.25) is 0 Å². The molecule has 4 aliphatic rings. The largest absolute Gasteiger partial charge is 0.384 e. The molecule has 3 aromatic rings. The minimum absolute atomic E-state index is 0.327. The van der Waals surface area contributed by atoms with Crippen LogP contribution >= 0.6 is 0 Å². The highest BCUT2D eigenvalue weighted by molar-refractivity contribution is 5.69. The molecule has 2 aliphatic carbocycles. The van der Waals surface area contributed by atoms with Crippen LogP contribution in [0.15, 0.2) is 67.0 Å². The Kier molecular flexibility index (Phi) is 5.76. The first-order valence-electron chi connectivity index (χ1n) is 13.3. The second-order valence-corrected chi connectivity index (χ2v) is 10.7. The average molecular weight is 453 g/mol. The number of para-hydroxylation sites is 2. The van der Waals surface area contributed by atoms with Crippen LogP contribution in [-0.2, 0) is 10.8 Å². The van der Waals surface area contributed by atoms with Crippen LogP contribution in [0.1, 0.15) is 75.3 Å². The SMILES string of the molecule is c1ccc2c(c1)NCC21CCCCC1.c1cnc(N2CC3(CCCCC3)c3ccccc32)nc1. The summed E-state index contributed by atoms with van der Waals surface area (Å²) in [7, 11) is 0. The van der Waals surface area contributed by atoms with Crippen molar-refractivity contribution in [3.63, 3.8) is 0 Å². The molecule has 1 aromatic heterocycles. The molecule has 0 atom stereocenters. The van der Waals surface area contributed by atoms with Crippen molar-refractivity contribution >= 4 is 17.3 Å². The van der Waals surface area contributed by atoms with Gasteiger partial charge in [-0.2, -0.15) is 0 Å². The van der Waals surface area contributed by atoms with E-state index in [2.05, 4.69) is 68.7 Å². The van der Waals surface area contributed by atoms with Crippen molar-refractivity contribution in [1.29, 1.82) is 0 Å². The van der Waals surface area contributed by atoms with Crippen molar-refractivity contribution in [2.24, 2.45) is 0 Å². The van der Waals surface area contributed by atoms with E-state index in [9.17, 15) is 0 Å². The van der Waals surface area contributed by atoms with Gasteiger partial charge in [-0.1, -0.05) is 74.9 Å². The van der Waals surface area contributed by atoms with Crippen molar-refractivity contribution in [1.82, 2.24) is 9.97 Å². The maximum atomic E-state index is 4.45. The van der Waals surface area contributed by atoms with Gasteiger partial charge in [0.2, 0.25) is 5.95 Å². The Balaban J connectivity index is 0.000000136. The highest BCUT2D eigenvalue weighted by Gasteiger charge is 2.44. The number of benzene rings is 2. The average Bonchev–Trinajstić information content (AvgIpc) is 3.42. The lowest BCUT2D eigenvalue weighted by Crippen LogP contribution is -2.34. The second kappa shape index (κ2) is 9.05. The molecule has 3 heterocycles. The monoisotopic (exact) mass is 452 g/mol. The molecule has 176 valence electrons. The van der Waals surface area contributed by atoms with Crippen molar-refractivity contribution in [3.05, 3.63) is 78.1 Å². The predicted molar refractivity (Wildman–Crippen MR) is 140 cm³/mol. The van der Waals surface area contributed by atoms with Gasteiger partial charge in [-0.05, 0) is 55.0 Å². The van der Waals surface area contributed by atoms with E-state index in [0.717, 1.165) is 12.5 Å². The fourth-order valence-corrected chi connectivity index (χ4v) is 7.03. The number of fused-ring (bicyclic) bond motifs is 4. The van der Waals surface area contributed by atoms with Crippen LogP contribution in [0.5, 0.6) is 0 Å². The Morgan fingerprint density at radius 1 is 0.647 bits per heavy atom. The Bertz CT molecular complexity index is 1110. The fourth-order valence-electron chi connectivity index (χ4n) is 7.03. The van der Waals surface area contributed by atoms with Gasteiger partial charge in [-0.3, -0.25) is 0 Å². The van der Waals surface area contributed by atoms with Crippen LogP contribution in [0.3, 0.4) is 0 Å². The highest BCUT2D eigenvalue weighted by Crippen LogP contribution is 2.50. The van der Waals surface area contributed by atoms with Crippen molar-refractivity contribution in [2.45, 2.75) is 75.0 Å². The van der Waals surface area contributed by atoms with E-state index in [0.29, 0.717) is 10.8 Å². The molecule has 4 nitrogen and oxygen atoms in total. The molecule has 2 saturated carbocycles. The first-order valence-corrected chi connectivity index (χ1v) is 13.3. The number of nitrogens with zero attached hydrogens (tertiary/aromatic N) is 3. The summed E-state index contributed by atoms with van der Waals surface area (Å²) in [6.45, 7) is 2.21. The molecule has 4 heteroatoms. The van der Waals surface area contributed by atoms with Crippen molar-refractivity contribution in [3.8, 4) is 0 Å². The minimum atomic E-state index is 0.327. The predicted octanol–water partition coefficient (Wildman–Crippen LogP) is 7.14. The lowest BCUT2D eigenvalue weighted by Gasteiger charge is -2.34. The van der Waals surface area contributed by atoms with Gasteiger partial charge in [0, 0.05) is 47.7 Å². The molecular formula is C30H36N4. The van der Waals surface area contributed by atoms with Gasteiger partial charge in [0.05, 0.1) is 0 Å². The van der Waals surface area contributed by atoms with Gasteiger partial charge in [0.25, 0.3) is 0 Å². The topological polar surface area (TPSA) is 41.1 Å². The van der Waals surface area contributed by atoms with E-state index < -0.39 is 0 Å². The van der Waals surface area contributed by atoms with Crippen LogP contribution in [0.4, 0.5) is 17.3 Å². The fraction of sp³-hybridized carbons (Fsp3) is 0.467. The molecule has 0 bridgehead atoms. The first kappa shape index (κ1) is 21.6. The summed E-state index contributed by atoms with van der Waals surface area (Å²) >= 11 is 0. The van der Waals surface area contributed by atoms with Crippen molar-refractivity contribution < 1.29 is 0 Å². The summed E-state index contributed by atoms with van der Waals surface area (Å²) < 4.78 is 0. The quantitative estimate of drug-likeness (QED) is 0.426. The highest BCUT2D eigenvalue weighted by atomic mass is 15.3. The van der Waals surface area contributed by atoms with E-state index in [1.54, 1.807) is 5.56 Å². The molecule has 0 amide bonds. The molecule has 2 fully saturated rings. The van der Waals surface area contributed by atoms with Crippen LogP contribution in [0.25, 0.3) is 0 Å². The summed E-state index contributed by atoms with van der Waals surface area (Å²) in [6.07, 6.45) is 17.4. The number of hydrogen-bond donors (Lipinski definition) is 1. The molecule has 7 rings (SSSR count). The normalized spacial score (nSPS) is 21.4. The van der Waals surface area contributed by atoms with E-state index in [-0.39, 0.29) is 0 Å². The van der Waals surface area contributed by atoms with Gasteiger partial charge in [-0.15, -0.1) is 0 Å². The van der Waals surface area contributed by atoms with E-state index in [1.165, 1.54) is 87.7 Å². The maximum absolute atomic E-state index is 4.45. The number of anilines is 3. The van der Waals surface area contributed by atoms with Crippen LogP contribution in [0, 0.1) is 0 Å². The number of aromatic nitrogens is 2. The smallest absolute Gasteiger partial charge is 0.229 e. The van der Waals surface area contributed by atoms with Crippen LogP contribution < -0.4 is 10.2 Å². The van der Waals surface area contributed by atoms with Gasteiger partial charge in [0.15, 0.2) is 0 Å². The zero-order chi connectivity index (χ0) is 22.8. The Morgan fingerprint density at radius 2 is 1.26 bits per heavy atom. The zero-order valence-electron chi connectivity index (χ0n) is 20.2. The lowest BCUT2D eigenvalue weighted by atomic mass is 9.71. The molecule has 1 N–H and O–H groups in total. The Morgan fingerprint density at radius 3 is 2.00 bits per heavy atom. The third kappa shape index (κ3) is 3.77. The lowest BCUT2D eigenvalue weighted by molar-refractivity contribution is 0.313. The van der Waals surface area contributed by atoms with Gasteiger partial charge in [0.1, 0.15) is 0 Å². The van der Waals surface area contributed by atoms with Crippen LogP contribution in [-0.4, -0.2) is 23.1 Å². The number of hydrogen-bond acceptors (Lipinski definition) is 4. The molecule has 34 heavy (non-hydrogen) atoms. The van der Waals surface area contributed by atoms with Gasteiger partial charge >= 0.3 is 0 Å². The number of rotatable bonds is 1. The van der Waals surface area contributed by atoms with E-state index >= 15 is 0 Å².